The molecular formula is C12H11IN2S. The monoisotopic (exact) mass is 342 g/mol. The highest BCUT2D eigenvalue weighted by atomic mass is 127. The number of benzene rings is 1. The molecule has 0 fully saturated rings. The van der Waals surface area contributed by atoms with E-state index in [2.05, 4.69) is 46.1 Å². The number of aryl methyl sites for hydroxylation is 2. The summed E-state index contributed by atoms with van der Waals surface area (Å²) in [6.45, 7) is 4.90. The van der Waals surface area contributed by atoms with Crippen molar-refractivity contribution >= 4 is 49.3 Å². The Labute approximate surface area is 113 Å². The average molecular weight is 342 g/mol. The molecule has 2 rings (SSSR count). The number of halogens is 1. The van der Waals surface area contributed by atoms with Crippen molar-refractivity contribution in [2.75, 3.05) is 11.9 Å². The third-order valence-corrected chi connectivity index (χ3v) is 3.76. The number of aromatic nitrogens is 1. The van der Waals surface area contributed by atoms with Crippen molar-refractivity contribution in [1.29, 1.82) is 0 Å². The zero-order chi connectivity index (χ0) is 11.5. The van der Waals surface area contributed by atoms with Gasteiger partial charge in [0.1, 0.15) is 0 Å². The first kappa shape index (κ1) is 11.7. The maximum atomic E-state index is 4.52. The van der Waals surface area contributed by atoms with Crippen molar-refractivity contribution in [1.82, 2.24) is 4.98 Å². The molecule has 0 saturated heterocycles. The van der Waals surface area contributed by atoms with Gasteiger partial charge in [-0.1, -0.05) is 17.3 Å². The van der Waals surface area contributed by atoms with E-state index in [9.17, 15) is 0 Å². The lowest BCUT2D eigenvalue weighted by Crippen LogP contribution is -1.96. The molecule has 0 amide bonds. The second-order valence-corrected chi connectivity index (χ2v) is 5.12. The molecule has 1 heterocycles. The van der Waals surface area contributed by atoms with Gasteiger partial charge >= 0.3 is 0 Å². The van der Waals surface area contributed by atoms with E-state index in [-0.39, 0.29) is 0 Å². The van der Waals surface area contributed by atoms with Gasteiger partial charge in [0.15, 0.2) is 5.13 Å². The van der Waals surface area contributed by atoms with Gasteiger partial charge in [-0.2, -0.15) is 0 Å². The van der Waals surface area contributed by atoms with Crippen LogP contribution >= 0.6 is 33.9 Å². The summed E-state index contributed by atoms with van der Waals surface area (Å²) in [6, 6.07) is 4.33. The van der Waals surface area contributed by atoms with Gasteiger partial charge in [-0.3, -0.25) is 0 Å². The van der Waals surface area contributed by atoms with Crippen LogP contribution in [0.2, 0.25) is 0 Å². The first-order valence-electron chi connectivity index (χ1n) is 4.91. The van der Waals surface area contributed by atoms with Crippen LogP contribution < -0.4 is 5.32 Å². The molecule has 0 unspecified atom stereocenters. The van der Waals surface area contributed by atoms with Crippen LogP contribution in [-0.4, -0.2) is 11.5 Å². The van der Waals surface area contributed by atoms with Gasteiger partial charge in [-0.25, -0.2) is 4.98 Å². The largest absolute Gasteiger partial charge is 0.351 e. The second kappa shape index (κ2) is 5.02. The number of hydrogen-bond donors (Lipinski definition) is 1. The molecule has 2 nitrogen and oxygen atoms in total. The van der Waals surface area contributed by atoms with Crippen molar-refractivity contribution in [3.63, 3.8) is 0 Å². The number of hydrogen-bond acceptors (Lipinski definition) is 3. The highest BCUT2D eigenvalue weighted by molar-refractivity contribution is 14.1. The standard InChI is InChI=1S/C12H11IN2S/c1-8-6-10-11(7-9(8)2)16-12(15-10)14-5-3-4-13/h6-7H,5H2,1-2H3,(H,14,15). The Morgan fingerprint density at radius 2 is 2.12 bits per heavy atom. The van der Waals surface area contributed by atoms with Crippen LogP contribution in [0.3, 0.4) is 0 Å². The van der Waals surface area contributed by atoms with Crippen LogP contribution in [0.1, 0.15) is 11.1 Å². The predicted octanol–water partition coefficient (Wildman–Crippen LogP) is 3.72. The molecule has 1 aromatic carbocycles. The molecule has 0 atom stereocenters. The van der Waals surface area contributed by atoms with Gasteiger partial charge in [0.2, 0.25) is 0 Å². The zero-order valence-electron chi connectivity index (χ0n) is 9.10. The Morgan fingerprint density at radius 3 is 2.88 bits per heavy atom. The number of fused-ring (bicyclic) bond motifs is 1. The van der Waals surface area contributed by atoms with Crippen molar-refractivity contribution in [3.05, 3.63) is 23.3 Å². The minimum absolute atomic E-state index is 0.653. The summed E-state index contributed by atoms with van der Waals surface area (Å²) in [5.41, 5.74) is 3.67. The van der Waals surface area contributed by atoms with Gasteiger partial charge in [-0.05, 0) is 41.0 Å². The molecule has 0 saturated carbocycles. The summed E-state index contributed by atoms with van der Waals surface area (Å²) >= 11 is 3.71. The number of rotatable bonds is 2. The molecule has 16 heavy (non-hydrogen) atoms. The Balaban J connectivity index is 2.31. The Bertz CT molecular complexity index is 539. The normalized spacial score (nSPS) is 9.94. The molecular weight excluding hydrogens is 331 g/mol. The second-order valence-electron chi connectivity index (χ2n) is 3.55. The first-order chi connectivity index (χ1) is 7.70. The number of anilines is 1. The fourth-order valence-corrected chi connectivity index (χ4v) is 2.54. The van der Waals surface area contributed by atoms with E-state index in [1.807, 2.05) is 22.6 Å². The molecule has 4 heteroatoms. The molecule has 0 aliphatic carbocycles. The maximum absolute atomic E-state index is 4.52. The van der Waals surface area contributed by atoms with Crippen molar-refractivity contribution in [2.45, 2.75) is 13.8 Å². The quantitative estimate of drug-likeness (QED) is 0.665. The van der Waals surface area contributed by atoms with Gasteiger partial charge < -0.3 is 5.32 Å². The number of nitrogens with zero attached hydrogens (tertiary/aromatic N) is 1. The molecule has 0 aliphatic heterocycles. The number of thiazole rings is 1. The van der Waals surface area contributed by atoms with Crippen LogP contribution in [0.15, 0.2) is 12.1 Å². The summed E-state index contributed by atoms with van der Waals surface area (Å²) in [7, 11) is 0. The summed E-state index contributed by atoms with van der Waals surface area (Å²) in [4.78, 5) is 4.52. The fourth-order valence-electron chi connectivity index (χ4n) is 1.41. The molecule has 0 radical (unpaired) electrons. The van der Waals surface area contributed by atoms with Crippen molar-refractivity contribution < 1.29 is 0 Å². The third kappa shape index (κ3) is 2.47. The molecule has 0 bridgehead atoms. The lowest BCUT2D eigenvalue weighted by molar-refractivity contribution is 1.32. The summed E-state index contributed by atoms with van der Waals surface area (Å²) in [5, 5.41) is 4.15. The minimum Gasteiger partial charge on any atom is -0.351 e. The maximum Gasteiger partial charge on any atom is 0.184 e. The smallest absolute Gasteiger partial charge is 0.184 e. The van der Waals surface area contributed by atoms with Gasteiger partial charge in [0.05, 0.1) is 16.8 Å². The number of nitrogens with one attached hydrogen (secondary N) is 1. The molecule has 82 valence electrons. The van der Waals surface area contributed by atoms with Crippen LogP contribution in [0, 0.1) is 23.7 Å². The van der Waals surface area contributed by atoms with E-state index in [0.29, 0.717) is 6.54 Å². The Hall–Kier alpha value is -0.800. The summed E-state index contributed by atoms with van der Waals surface area (Å²) < 4.78 is 4.05. The topological polar surface area (TPSA) is 24.9 Å². The SMILES string of the molecule is Cc1cc2nc(NCC#CI)sc2cc1C. The van der Waals surface area contributed by atoms with Crippen LogP contribution in [0.25, 0.3) is 10.2 Å². The van der Waals surface area contributed by atoms with Gasteiger partial charge in [-0.15, -0.1) is 0 Å². The Morgan fingerprint density at radius 1 is 1.38 bits per heavy atom. The van der Waals surface area contributed by atoms with E-state index in [1.165, 1.54) is 15.8 Å². The average Bonchev–Trinajstić information content (AvgIpc) is 2.61. The Kier molecular flexibility index (Phi) is 3.66. The van der Waals surface area contributed by atoms with Gasteiger partial charge in [0, 0.05) is 22.6 Å². The van der Waals surface area contributed by atoms with E-state index in [4.69, 9.17) is 0 Å². The van der Waals surface area contributed by atoms with Crippen molar-refractivity contribution in [3.8, 4) is 9.85 Å². The fraction of sp³-hybridized carbons (Fsp3) is 0.250. The van der Waals surface area contributed by atoms with E-state index < -0.39 is 0 Å². The molecule has 1 aromatic heterocycles. The van der Waals surface area contributed by atoms with Crippen LogP contribution in [0.4, 0.5) is 5.13 Å². The molecule has 0 spiro atoms. The molecule has 0 aliphatic rings. The zero-order valence-corrected chi connectivity index (χ0v) is 12.1. The molecule has 1 N–H and O–H groups in total. The third-order valence-electron chi connectivity index (χ3n) is 2.40. The highest BCUT2D eigenvalue weighted by Crippen LogP contribution is 2.27. The summed E-state index contributed by atoms with van der Waals surface area (Å²) in [6.07, 6.45) is 0. The van der Waals surface area contributed by atoms with Crippen molar-refractivity contribution in [2.24, 2.45) is 0 Å². The van der Waals surface area contributed by atoms with E-state index >= 15 is 0 Å². The van der Waals surface area contributed by atoms with Crippen LogP contribution in [-0.2, 0) is 0 Å². The predicted molar refractivity (Wildman–Crippen MR) is 79.4 cm³/mol. The lowest BCUT2D eigenvalue weighted by atomic mass is 10.1. The highest BCUT2D eigenvalue weighted by Gasteiger charge is 2.04. The minimum atomic E-state index is 0.653. The van der Waals surface area contributed by atoms with E-state index in [1.54, 1.807) is 11.3 Å². The lowest BCUT2D eigenvalue weighted by Gasteiger charge is -1.96. The first-order valence-corrected chi connectivity index (χ1v) is 6.80. The van der Waals surface area contributed by atoms with Gasteiger partial charge in [0.25, 0.3) is 0 Å². The molecule has 2 aromatic rings. The van der Waals surface area contributed by atoms with Crippen LogP contribution in [0.5, 0.6) is 0 Å². The van der Waals surface area contributed by atoms with E-state index in [0.717, 1.165) is 10.6 Å². The summed E-state index contributed by atoms with van der Waals surface area (Å²) in [5.74, 6) is 2.96.